The number of aromatic nitrogens is 3. The van der Waals surface area contributed by atoms with Gasteiger partial charge in [-0.1, -0.05) is 0 Å². The van der Waals surface area contributed by atoms with Crippen LogP contribution in [0.5, 0.6) is 5.75 Å². The molecule has 0 aliphatic carbocycles. The van der Waals surface area contributed by atoms with Crippen molar-refractivity contribution in [3.05, 3.63) is 35.7 Å². The summed E-state index contributed by atoms with van der Waals surface area (Å²) in [5, 5.41) is 6.93. The average Bonchev–Trinajstić information content (AvgIpc) is 2.85. The number of aromatic amines is 1. The zero-order valence-electron chi connectivity index (χ0n) is 11.6. The summed E-state index contributed by atoms with van der Waals surface area (Å²) in [7, 11) is 0. The molecule has 0 radical (unpaired) electrons. The minimum Gasteiger partial charge on any atom is -0.490 e. The van der Waals surface area contributed by atoms with E-state index < -0.39 is 11.6 Å². The Morgan fingerprint density at radius 3 is 2.43 bits per heavy atom. The van der Waals surface area contributed by atoms with Gasteiger partial charge in [0, 0.05) is 44.1 Å². The summed E-state index contributed by atoms with van der Waals surface area (Å²) in [6.07, 6.45) is 1.46. The molecule has 1 aromatic carbocycles. The number of benzene rings is 1. The molecule has 1 fully saturated rings. The first-order chi connectivity index (χ1) is 10.1. The summed E-state index contributed by atoms with van der Waals surface area (Å²) in [6, 6.07) is 3.24. The number of hydrogen-bond acceptors (Lipinski definition) is 4. The number of halogens is 2. The molecule has 0 bridgehead atoms. The minimum atomic E-state index is -0.626. The van der Waals surface area contributed by atoms with Crippen molar-refractivity contribution in [1.29, 1.82) is 0 Å². The van der Waals surface area contributed by atoms with Crippen molar-refractivity contribution in [1.82, 2.24) is 15.2 Å². The van der Waals surface area contributed by atoms with E-state index in [0.29, 0.717) is 5.95 Å². The second kappa shape index (κ2) is 5.67. The van der Waals surface area contributed by atoms with Crippen LogP contribution in [0.1, 0.15) is 18.7 Å². The first kappa shape index (κ1) is 13.8. The Morgan fingerprint density at radius 1 is 1.19 bits per heavy atom. The number of anilines is 1. The fraction of sp³-hybridized carbons (Fsp3) is 0.429. The van der Waals surface area contributed by atoms with E-state index >= 15 is 0 Å². The molecule has 1 N–H and O–H groups in total. The molecule has 2 heterocycles. The fourth-order valence-corrected chi connectivity index (χ4v) is 2.43. The maximum Gasteiger partial charge on any atom is 0.244 e. The summed E-state index contributed by atoms with van der Waals surface area (Å²) in [6.45, 7) is 3.35. The van der Waals surface area contributed by atoms with Crippen LogP contribution in [0, 0.1) is 18.6 Å². The van der Waals surface area contributed by atoms with E-state index in [1.807, 2.05) is 6.92 Å². The first-order valence-electron chi connectivity index (χ1n) is 6.87. The second-order valence-corrected chi connectivity index (χ2v) is 5.13. The van der Waals surface area contributed by atoms with E-state index in [-0.39, 0.29) is 11.9 Å². The molecule has 112 valence electrons. The van der Waals surface area contributed by atoms with Crippen LogP contribution in [0.2, 0.25) is 0 Å². The standard InChI is InChI=1S/C14H16F2N4O/c1-9-17-14(19-18-9)20-4-2-12(3-5-20)21-13-7-10(15)6-11(16)8-13/h6-8,12H,2-5H2,1H3,(H,17,18,19). The van der Waals surface area contributed by atoms with Crippen LogP contribution in [0.25, 0.3) is 0 Å². The highest BCUT2D eigenvalue weighted by atomic mass is 19.1. The van der Waals surface area contributed by atoms with Crippen LogP contribution in [-0.4, -0.2) is 34.4 Å². The number of rotatable bonds is 3. The highest BCUT2D eigenvalue weighted by Gasteiger charge is 2.23. The quantitative estimate of drug-likeness (QED) is 0.944. The lowest BCUT2D eigenvalue weighted by atomic mass is 10.1. The van der Waals surface area contributed by atoms with Crippen LogP contribution >= 0.6 is 0 Å². The molecule has 1 aliphatic rings. The summed E-state index contributed by atoms with van der Waals surface area (Å²) in [4.78, 5) is 6.35. The Morgan fingerprint density at radius 2 is 1.86 bits per heavy atom. The molecule has 0 saturated carbocycles. The molecular formula is C14H16F2N4O. The molecule has 1 saturated heterocycles. The van der Waals surface area contributed by atoms with Crippen LogP contribution < -0.4 is 9.64 Å². The molecule has 1 aliphatic heterocycles. The smallest absolute Gasteiger partial charge is 0.244 e. The maximum absolute atomic E-state index is 13.1. The lowest BCUT2D eigenvalue weighted by Crippen LogP contribution is -2.38. The summed E-state index contributed by atoms with van der Waals surface area (Å²) >= 11 is 0. The Kier molecular flexibility index (Phi) is 3.72. The molecule has 3 rings (SSSR count). The van der Waals surface area contributed by atoms with Gasteiger partial charge in [-0.3, -0.25) is 5.10 Å². The van der Waals surface area contributed by atoms with Crippen molar-refractivity contribution >= 4 is 5.95 Å². The summed E-state index contributed by atoms with van der Waals surface area (Å²) < 4.78 is 31.9. The number of aryl methyl sites for hydroxylation is 1. The van der Waals surface area contributed by atoms with Gasteiger partial charge in [0.25, 0.3) is 0 Å². The monoisotopic (exact) mass is 294 g/mol. The van der Waals surface area contributed by atoms with Crippen LogP contribution in [0.4, 0.5) is 14.7 Å². The Labute approximate surface area is 120 Å². The molecule has 2 aromatic rings. The number of ether oxygens (including phenoxy) is 1. The van der Waals surface area contributed by atoms with Gasteiger partial charge < -0.3 is 9.64 Å². The molecule has 0 amide bonds. The predicted molar refractivity (Wildman–Crippen MR) is 73.3 cm³/mol. The highest BCUT2D eigenvalue weighted by Crippen LogP contribution is 2.22. The number of H-pyrrole nitrogens is 1. The van der Waals surface area contributed by atoms with Gasteiger partial charge in [0.1, 0.15) is 29.3 Å². The molecule has 7 heteroatoms. The van der Waals surface area contributed by atoms with Gasteiger partial charge in [-0.15, -0.1) is 5.10 Å². The number of hydrogen-bond donors (Lipinski definition) is 1. The summed E-state index contributed by atoms with van der Waals surface area (Å²) in [5.74, 6) is 0.443. The zero-order chi connectivity index (χ0) is 14.8. The zero-order valence-corrected chi connectivity index (χ0v) is 11.6. The van der Waals surface area contributed by atoms with Crippen molar-refractivity contribution in [2.75, 3.05) is 18.0 Å². The first-order valence-corrected chi connectivity index (χ1v) is 6.87. The third-order valence-corrected chi connectivity index (χ3v) is 3.45. The third kappa shape index (κ3) is 3.29. The lowest BCUT2D eigenvalue weighted by Gasteiger charge is -2.31. The predicted octanol–water partition coefficient (Wildman–Crippen LogP) is 2.44. The third-order valence-electron chi connectivity index (χ3n) is 3.45. The maximum atomic E-state index is 13.1. The van der Waals surface area contributed by atoms with Crippen LogP contribution in [0.15, 0.2) is 18.2 Å². The van der Waals surface area contributed by atoms with Crippen LogP contribution in [0.3, 0.4) is 0 Å². The Balaban J connectivity index is 1.58. The van der Waals surface area contributed by atoms with E-state index in [0.717, 1.165) is 37.8 Å². The molecule has 0 atom stereocenters. The highest BCUT2D eigenvalue weighted by molar-refractivity contribution is 5.29. The van der Waals surface area contributed by atoms with Gasteiger partial charge in [0.2, 0.25) is 5.95 Å². The van der Waals surface area contributed by atoms with Crippen molar-refractivity contribution in [2.45, 2.75) is 25.9 Å². The van der Waals surface area contributed by atoms with Crippen molar-refractivity contribution in [2.24, 2.45) is 0 Å². The van der Waals surface area contributed by atoms with Crippen molar-refractivity contribution in [3.63, 3.8) is 0 Å². The van der Waals surface area contributed by atoms with E-state index in [4.69, 9.17) is 4.74 Å². The Bertz CT molecular complexity index is 603. The summed E-state index contributed by atoms with van der Waals surface area (Å²) in [5.41, 5.74) is 0. The van der Waals surface area contributed by atoms with E-state index in [2.05, 4.69) is 20.1 Å². The number of piperidine rings is 1. The molecule has 1 aromatic heterocycles. The SMILES string of the molecule is Cc1nc(N2CCC(Oc3cc(F)cc(F)c3)CC2)n[nH]1. The van der Waals surface area contributed by atoms with Gasteiger partial charge >= 0.3 is 0 Å². The van der Waals surface area contributed by atoms with Gasteiger partial charge in [-0.2, -0.15) is 4.98 Å². The Hall–Kier alpha value is -2.18. The molecule has 21 heavy (non-hydrogen) atoms. The lowest BCUT2D eigenvalue weighted by molar-refractivity contribution is 0.169. The second-order valence-electron chi connectivity index (χ2n) is 5.13. The molecule has 5 nitrogen and oxygen atoms in total. The van der Waals surface area contributed by atoms with Crippen molar-refractivity contribution < 1.29 is 13.5 Å². The average molecular weight is 294 g/mol. The van der Waals surface area contributed by atoms with Gasteiger partial charge in [-0.25, -0.2) is 8.78 Å². The molecular weight excluding hydrogens is 278 g/mol. The van der Waals surface area contributed by atoms with Gasteiger partial charge in [-0.05, 0) is 6.92 Å². The molecule has 0 spiro atoms. The topological polar surface area (TPSA) is 54.0 Å². The normalized spacial score (nSPS) is 16.2. The number of nitrogens with zero attached hydrogens (tertiary/aromatic N) is 3. The largest absolute Gasteiger partial charge is 0.490 e. The van der Waals surface area contributed by atoms with E-state index in [9.17, 15) is 8.78 Å². The van der Waals surface area contributed by atoms with Crippen molar-refractivity contribution in [3.8, 4) is 5.75 Å². The fourth-order valence-electron chi connectivity index (χ4n) is 2.43. The van der Waals surface area contributed by atoms with Crippen LogP contribution in [-0.2, 0) is 0 Å². The van der Waals surface area contributed by atoms with E-state index in [1.165, 1.54) is 12.1 Å². The van der Waals surface area contributed by atoms with Gasteiger partial charge in [0.15, 0.2) is 0 Å². The minimum absolute atomic E-state index is 0.0533. The van der Waals surface area contributed by atoms with E-state index in [1.54, 1.807) is 0 Å². The number of nitrogens with one attached hydrogen (secondary N) is 1. The molecule has 0 unspecified atom stereocenters. The van der Waals surface area contributed by atoms with Gasteiger partial charge in [0.05, 0.1) is 0 Å².